The molecule has 0 saturated carbocycles. The molecule has 25 heavy (non-hydrogen) atoms. The van der Waals surface area contributed by atoms with Crippen molar-refractivity contribution in [2.75, 3.05) is 5.32 Å². The molecule has 0 radical (unpaired) electrons. The monoisotopic (exact) mass is 413 g/mol. The molecular formula is C16H10Cl2FN3OS2. The fraction of sp³-hybridized carbons (Fsp3) is 0.0625. The minimum Gasteiger partial charge on any atom is -0.297 e. The number of benzene rings is 2. The Morgan fingerprint density at radius 3 is 2.68 bits per heavy atom. The number of anilines is 1. The van der Waals surface area contributed by atoms with E-state index in [0.29, 0.717) is 26.6 Å². The largest absolute Gasteiger partial charge is 0.297 e. The summed E-state index contributed by atoms with van der Waals surface area (Å²) in [6.45, 7) is 0. The molecule has 128 valence electrons. The van der Waals surface area contributed by atoms with Gasteiger partial charge in [0.2, 0.25) is 10.3 Å². The third kappa shape index (κ3) is 4.92. The van der Waals surface area contributed by atoms with E-state index in [1.807, 2.05) is 0 Å². The summed E-state index contributed by atoms with van der Waals surface area (Å²) in [6.07, 6.45) is 0. The second kappa shape index (κ2) is 8.14. The minimum absolute atomic E-state index is 0.264. The number of nitrogens with one attached hydrogen (secondary N) is 1. The molecule has 1 amide bonds. The summed E-state index contributed by atoms with van der Waals surface area (Å²) in [5.74, 6) is -0.0489. The lowest BCUT2D eigenvalue weighted by molar-refractivity contribution is 0.102. The second-order valence-corrected chi connectivity index (χ2v) is 7.41. The van der Waals surface area contributed by atoms with Crippen LogP contribution in [0.5, 0.6) is 0 Å². The Kier molecular flexibility index (Phi) is 5.90. The van der Waals surface area contributed by atoms with Gasteiger partial charge in [-0.1, -0.05) is 47.1 Å². The van der Waals surface area contributed by atoms with Gasteiger partial charge in [0, 0.05) is 22.3 Å². The van der Waals surface area contributed by atoms with Crippen LogP contribution >= 0.6 is 46.5 Å². The quantitative estimate of drug-likeness (QED) is 0.558. The Morgan fingerprint density at radius 1 is 1.20 bits per heavy atom. The van der Waals surface area contributed by atoms with Crippen LogP contribution in [0.2, 0.25) is 10.0 Å². The third-order valence-electron chi connectivity index (χ3n) is 3.08. The van der Waals surface area contributed by atoms with Gasteiger partial charge in [0.05, 0.1) is 10.6 Å². The maximum absolute atomic E-state index is 12.9. The number of hydrogen-bond donors (Lipinski definition) is 1. The van der Waals surface area contributed by atoms with Crippen molar-refractivity contribution in [1.82, 2.24) is 9.36 Å². The number of hydrogen-bond acceptors (Lipinski definition) is 5. The van der Waals surface area contributed by atoms with Gasteiger partial charge >= 0.3 is 0 Å². The first-order chi connectivity index (χ1) is 12.0. The SMILES string of the molecule is O=C(Nc1nc(SCc2ccc(F)cc2)ns1)c1ccc(Cl)cc1Cl. The van der Waals surface area contributed by atoms with Crippen LogP contribution in [0.25, 0.3) is 0 Å². The molecule has 0 spiro atoms. The lowest BCUT2D eigenvalue weighted by atomic mass is 10.2. The number of amides is 1. The van der Waals surface area contributed by atoms with Crippen molar-refractivity contribution < 1.29 is 9.18 Å². The van der Waals surface area contributed by atoms with E-state index >= 15 is 0 Å². The number of rotatable bonds is 5. The maximum Gasteiger partial charge on any atom is 0.258 e. The Morgan fingerprint density at radius 2 is 1.96 bits per heavy atom. The van der Waals surface area contributed by atoms with E-state index in [1.54, 1.807) is 24.3 Å². The van der Waals surface area contributed by atoms with Gasteiger partial charge in [-0.15, -0.1) is 0 Å². The zero-order valence-electron chi connectivity index (χ0n) is 12.5. The van der Waals surface area contributed by atoms with Crippen LogP contribution in [-0.2, 0) is 5.75 Å². The first-order valence-electron chi connectivity index (χ1n) is 6.98. The van der Waals surface area contributed by atoms with Crippen LogP contribution in [0.3, 0.4) is 0 Å². The fourth-order valence-corrected chi connectivity index (χ4v) is 3.88. The summed E-state index contributed by atoms with van der Waals surface area (Å²) in [7, 11) is 0. The van der Waals surface area contributed by atoms with Gasteiger partial charge in [0.1, 0.15) is 5.82 Å². The van der Waals surface area contributed by atoms with Gasteiger partial charge in [-0.25, -0.2) is 4.39 Å². The van der Waals surface area contributed by atoms with Gasteiger partial charge in [0.25, 0.3) is 5.91 Å². The molecule has 0 unspecified atom stereocenters. The minimum atomic E-state index is -0.382. The Balaban J connectivity index is 1.61. The average Bonchev–Trinajstić information content (AvgIpc) is 3.01. The first-order valence-corrected chi connectivity index (χ1v) is 9.50. The van der Waals surface area contributed by atoms with E-state index in [0.717, 1.165) is 17.1 Å². The molecule has 9 heteroatoms. The molecule has 0 saturated heterocycles. The van der Waals surface area contributed by atoms with Gasteiger partial charge in [-0.2, -0.15) is 9.36 Å². The van der Waals surface area contributed by atoms with Crippen LogP contribution in [0.15, 0.2) is 47.6 Å². The molecule has 3 rings (SSSR count). The number of nitrogens with zero attached hydrogens (tertiary/aromatic N) is 2. The molecule has 0 fully saturated rings. The zero-order valence-corrected chi connectivity index (χ0v) is 15.6. The molecule has 1 heterocycles. The smallest absolute Gasteiger partial charge is 0.258 e. The van der Waals surface area contributed by atoms with Crippen molar-refractivity contribution >= 4 is 57.5 Å². The molecule has 0 bridgehead atoms. The molecule has 0 aliphatic heterocycles. The van der Waals surface area contributed by atoms with E-state index in [-0.39, 0.29) is 16.7 Å². The van der Waals surface area contributed by atoms with Crippen LogP contribution in [-0.4, -0.2) is 15.3 Å². The highest BCUT2D eigenvalue weighted by Crippen LogP contribution is 2.25. The standard InChI is InChI=1S/C16H10Cl2FN3OS2/c17-10-3-6-12(13(18)7-10)14(23)20-15-21-16(22-25-15)24-8-9-1-4-11(19)5-2-9/h1-7H,8H2,(H,20,21,22,23). The molecule has 1 aromatic heterocycles. The van der Waals surface area contributed by atoms with E-state index < -0.39 is 0 Å². The highest BCUT2D eigenvalue weighted by atomic mass is 35.5. The summed E-state index contributed by atoms with van der Waals surface area (Å²) in [4.78, 5) is 16.5. The van der Waals surface area contributed by atoms with E-state index in [1.165, 1.54) is 30.0 Å². The number of aromatic nitrogens is 2. The van der Waals surface area contributed by atoms with Gasteiger partial charge in [-0.05, 0) is 35.9 Å². The molecule has 0 aliphatic carbocycles. The molecular weight excluding hydrogens is 404 g/mol. The Bertz CT molecular complexity index is 903. The molecule has 0 aliphatic rings. The average molecular weight is 414 g/mol. The van der Waals surface area contributed by atoms with Crippen molar-refractivity contribution in [1.29, 1.82) is 0 Å². The Hall–Kier alpha value is -1.67. The third-order valence-corrected chi connectivity index (χ3v) is 5.30. The highest BCUT2D eigenvalue weighted by molar-refractivity contribution is 7.98. The van der Waals surface area contributed by atoms with Crippen LogP contribution in [0, 0.1) is 5.82 Å². The summed E-state index contributed by atoms with van der Waals surface area (Å²) in [5, 5.41) is 4.29. The zero-order chi connectivity index (χ0) is 17.8. The topological polar surface area (TPSA) is 54.9 Å². The van der Waals surface area contributed by atoms with Crippen molar-refractivity contribution in [3.8, 4) is 0 Å². The van der Waals surface area contributed by atoms with Crippen LogP contribution < -0.4 is 5.32 Å². The van der Waals surface area contributed by atoms with E-state index in [4.69, 9.17) is 23.2 Å². The van der Waals surface area contributed by atoms with E-state index in [9.17, 15) is 9.18 Å². The first kappa shape index (κ1) is 18.1. The van der Waals surface area contributed by atoms with Crippen molar-refractivity contribution in [3.63, 3.8) is 0 Å². The normalized spacial score (nSPS) is 10.7. The van der Waals surface area contributed by atoms with Crippen molar-refractivity contribution in [3.05, 3.63) is 69.5 Å². The second-order valence-electron chi connectivity index (χ2n) is 4.88. The lowest BCUT2D eigenvalue weighted by Crippen LogP contribution is -2.12. The predicted molar refractivity (Wildman–Crippen MR) is 100 cm³/mol. The maximum atomic E-state index is 12.9. The predicted octanol–water partition coefficient (Wildman–Crippen LogP) is 5.53. The summed E-state index contributed by atoms with van der Waals surface area (Å²) in [6, 6.07) is 10.9. The fourth-order valence-electron chi connectivity index (χ4n) is 1.89. The van der Waals surface area contributed by atoms with Crippen molar-refractivity contribution in [2.24, 2.45) is 0 Å². The molecule has 0 atom stereocenters. The molecule has 3 aromatic rings. The van der Waals surface area contributed by atoms with Gasteiger partial charge in [0.15, 0.2) is 0 Å². The number of thioether (sulfide) groups is 1. The Labute approximate surface area is 161 Å². The summed E-state index contributed by atoms with van der Waals surface area (Å²) >= 11 is 14.3. The van der Waals surface area contributed by atoms with Crippen LogP contribution in [0.4, 0.5) is 9.52 Å². The number of halogens is 3. The number of carbonyl (C=O) groups is 1. The molecule has 2 aromatic carbocycles. The highest BCUT2D eigenvalue weighted by Gasteiger charge is 2.14. The molecule has 4 nitrogen and oxygen atoms in total. The summed E-state index contributed by atoms with van der Waals surface area (Å²) in [5.41, 5.74) is 1.27. The van der Waals surface area contributed by atoms with Gasteiger partial charge in [-0.3, -0.25) is 10.1 Å². The van der Waals surface area contributed by atoms with Crippen molar-refractivity contribution in [2.45, 2.75) is 10.9 Å². The van der Waals surface area contributed by atoms with E-state index in [2.05, 4.69) is 14.7 Å². The lowest BCUT2D eigenvalue weighted by Gasteiger charge is -2.03. The van der Waals surface area contributed by atoms with Crippen LogP contribution in [0.1, 0.15) is 15.9 Å². The summed E-state index contributed by atoms with van der Waals surface area (Å²) < 4.78 is 17.1. The van der Waals surface area contributed by atoms with Gasteiger partial charge < -0.3 is 0 Å². The molecule has 1 N–H and O–H groups in total. The number of carbonyl (C=O) groups excluding carboxylic acids is 1.